The molecule has 1 unspecified atom stereocenters. The van der Waals surface area contributed by atoms with Crippen molar-refractivity contribution < 1.29 is 0 Å². The van der Waals surface area contributed by atoms with Crippen LogP contribution in [0.1, 0.15) is 12.8 Å². The molecule has 4 nitrogen and oxygen atoms in total. The number of rotatable bonds is 4. The predicted molar refractivity (Wildman–Crippen MR) is 82.3 cm³/mol. The van der Waals surface area contributed by atoms with Gasteiger partial charge < -0.3 is 14.8 Å². The second kappa shape index (κ2) is 6.09. The Morgan fingerprint density at radius 1 is 1.40 bits per heavy atom. The smallest absolute Gasteiger partial charge is 0.0991 e. The molecule has 0 bridgehead atoms. The van der Waals surface area contributed by atoms with Crippen LogP contribution in [0, 0.1) is 5.92 Å². The van der Waals surface area contributed by atoms with Crippen LogP contribution in [-0.2, 0) is 0 Å². The lowest BCUT2D eigenvalue weighted by molar-refractivity contribution is 0.217. The molecule has 2 aromatic rings. The summed E-state index contributed by atoms with van der Waals surface area (Å²) in [5.74, 6) is 0.755. The highest BCUT2D eigenvalue weighted by Crippen LogP contribution is 2.18. The van der Waals surface area contributed by atoms with Gasteiger partial charge in [0.25, 0.3) is 0 Å². The number of likely N-dealkylation sites (tertiary alicyclic amines) is 1. The number of hydrogen-bond donors (Lipinski definition) is 1. The third kappa shape index (κ3) is 3.20. The summed E-state index contributed by atoms with van der Waals surface area (Å²) >= 11 is 0. The summed E-state index contributed by atoms with van der Waals surface area (Å²) in [7, 11) is 2.21. The molecule has 20 heavy (non-hydrogen) atoms. The summed E-state index contributed by atoms with van der Waals surface area (Å²) in [4.78, 5) is 6.52. The Balaban J connectivity index is 1.61. The van der Waals surface area contributed by atoms with E-state index in [1.807, 2.05) is 17.1 Å². The maximum absolute atomic E-state index is 4.09. The van der Waals surface area contributed by atoms with E-state index in [-0.39, 0.29) is 0 Å². The van der Waals surface area contributed by atoms with E-state index in [0.717, 1.165) is 18.2 Å². The first-order valence-corrected chi connectivity index (χ1v) is 7.32. The fourth-order valence-corrected chi connectivity index (χ4v) is 2.89. The molecule has 0 saturated carbocycles. The average molecular weight is 270 g/mol. The molecule has 1 aromatic carbocycles. The first kappa shape index (κ1) is 13.2. The van der Waals surface area contributed by atoms with Crippen LogP contribution >= 0.6 is 0 Å². The summed E-state index contributed by atoms with van der Waals surface area (Å²) in [6.07, 6.45) is 8.25. The SMILES string of the molecule is CN1CCCC(CNc2cccc(-n3ccnc3)c2)C1. The number of nitrogens with zero attached hydrogens (tertiary/aromatic N) is 3. The molecule has 1 atom stereocenters. The number of aromatic nitrogens is 2. The van der Waals surface area contributed by atoms with Gasteiger partial charge in [-0.1, -0.05) is 6.07 Å². The quantitative estimate of drug-likeness (QED) is 0.927. The fraction of sp³-hybridized carbons (Fsp3) is 0.438. The topological polar surface area (TPSA) is 33.1 Å². The summed E-state index contributed by atoms with van der Waals surface area (Å²) in [5.41, 5.74) is 2.33. The van der Waals surface area contributed by atoms with Crippen molar-refractivity contribution in [1.82, 2.24) is 14.5 Å². The van der Waals surface area contributed by atoms with Crippen LogP contribution in [0.2, 0.25) is 0 Å². The zero-order valence-corrected chi connectivity index (χ0v) is 12.0. The van der Waals surface area contributed by atoms with Crippen LogP contribution in [0.25, 0.3) is 5.69 Å². The van der Waals surface area contributed by atoms with E-state index < -0.39 is 0 Å². The third-order valence-corrected chi connectivity index (χ3v) is 3.97. The minimum Gasteiger partial charge on any atom is -0.385 e. The standard InChI is InChI=1S/C16H22N4/c1-19-8-3-4-14(12-19)11-18-15-5-2-6-16(10-15)20-9-7-17-13-20/h2,5-7,9-10,13-14,18H,3-4,8,11-12H2,1H3. The molecule has 0 aliphatic carbocycles. The Morgan fingerprint density at radius 3 is 3.15 bits per heavy atom. The van der Waals surface area contributed by atoms with E-state index >= 15 is 0 Å². The van der Waals surface area contributed by atoms with Crippen molar-refractivity contribution in [3.05, 3.63) is 43.0 Å². The van der Waals surface area contributed by atoms with Gasteiger partial charge in [0.15, 0.2) is 0 Å². The highest BCUT2D eigenvalue weighted by molar-refractivity contribution is 5.51. The van der Waals surface area contributed by atoms with Gasteiger partial charge in [-0.2, -0.15) is 0 Å². The van der Waals surface area contributed by atoms with E-state index in [9.17, 15) is 0 Å². The van der Waals surface area contributed by atoms with Crippen molar-refractivity contribution in [2.45, 2.75) is 12.8 Å². The minimum atomic E-state index is 0.755. The van der Waals surface area contributed by atoms with Crippen molar-refractivity contribution in [1.29, 1.82) is 0 Å². The molecule has 2 heterocycles. The van der Waals surface area contributed by atoms with E-state index in [2.05, 4.69) is 46.5 Å². The Kier molecular flexibility index (Phi) is 4.02. The maximum Gasteiger partial charge on any atom is 0.0991 e. The van der Waals surface area contributed by atoms with Crippen LogP contribution in [0.3, 0.4) is 0 Å². The molecule has 1 saturated heterocycles. The second-order valence-electron chi connectivity index (χ2n) is 5.67. The normalized spacial score (nSPS) is 19.9. The first-order valence-electron chi connectivity index (χ1n) is 7.32. The molecule has 1 aromatic heterocycles. The number of benzene rings is 1. The molecule has 4 heteroatoms. The lowest BCUT2D eigenvalue weighted by Crippen LogP contribution is -2.35. The summed E-state index contributed by atoms with van der Waals surface area (Å²) < 4.78 is 2.03. The van der Waals surface area contributed by atoms with Crippen molar-refractivity contribution in [3.63, 3.8) is 0 Å². The zero-order valence-electron chi connectivity index (χ0n) is 12.0. The summed E-state index contributed by atoms with van der Waals surface area (Å²) in [5, 5.41) is 3.58. The van der Waals surface area contributed by atoms with Gasteiger partial charge >= 0.3 is 0 Å². The molecular weight excluding hydrogens is 248 g/mol. The van der Waals surface area contributed by atoms with E-state index in [1.165, 1.54) is 31.6 Å². The zero-order chi connectivity index (χ0) is 13.8. The van der Waals surface area contributed by atoms with Crippen molar-refractivity contribution in [2.75, 3.05) is 32.0 Å². The number of imidazole rings is 1. The van der Waals surface area contributed by atoms with Crippen LogP contribution < -0.4 is 5.32 Å². The van der Waals surface area contributed by atoms with Crippen LogP contribution in [0.4, 0.5) is 5.69 Å². The van der Waals surface area contributed by atoms with Gasteiger partial charge in [0.2, 0.25) is 0 Å². The van der Waals surface area contributed by atoms with Gasteiger partial charge in [0.1, 0.15) is 0 Å². The Hall–Kier alpha value is -1.81. The lowest BCUT2D eigenvalue weighted by Gasteiger charge is -2.30. The number of anilines is 1. The van der Waals surface area contributed by atoms with Crippen molar-refractivity contribution in [3.8, 4) is 5.69 Å². The summed E-state index contributed by atoms with van der Waals surface area (Å²) in [6.45, 7) is 3.50. The molecule has 1 N–H and O–H groups in total. The Bertz CT molecular complexity index is 535. The second-order valence-corrected chi connectivity index (χ2v) is 5.67. The van der Waals surface area contributed by atoms with Gasteiger partial charge in [0, 0.05) is 36.9 Å². The first-order chi connectivity index (χ1) is 9.81. The van der Waals surface area contributed by atoms with Crippen LogP contribution in [0.5, 0.6) is 0 Å². The van der Waals surface area contributed by atoms with Crippen LogP contribution in [-0.4, -0.2) is 41.1 Å². The van der Waals surface area contributed by atoms with Gasteiger partial charge in [-0.3, -0.25) is 0 Å². The van der Waals surface area contributed by atoms with E-state index in [4.69, 9.17) is 0 Å². The van der Waals surface area contributed by atoms with Crippen molar-refractivity contribution >= 4 is 5.69 Å². The Labute approximate surface area is 120 Å². The van der Waals surface area contributed by atoms with Crippen molar-refractivity contribution in [2.24, 2.45) is 5.92 Å². The van der Waals surface area contributed by atoms with E-state index in [1.54, 1.807) is 6.20 Å². The predicted octanol–water partition coefficient (Wildman–Crippen LogP) is 2.63. The largest absolute Gasteiger partial charge is 0.385 e. The van der Waals surface area contributed by atoms with Gasteiger partial charge in [-0.25, -0.2) is 4.98 Å². The molecule has 1 fully saturated rings. The monoisotopic (exact) mass is 270 g/mol. The van der Waals surface area contributed by atoms with E-state index in [0.29, 0.717) is 0 Å². The molecule has 0 radical (unpaired) electrons. The van der Waals surface area contributed by atoms with Crippen LogP contribution in [0.15, 0.2) is 43.0 Å². The number of piperidine rings is 1. The molecule has 0 amide bonds. The maximum atomic E-state index is 4.09. The third-order valence-electron chi connectivity index (χ3n) is 3.97. The van der Waals surface area contributed by atoms with Gasteiger partial charge in [-0.05, 0) is 50.6 Å². The number of nitrogens with one attached hydrogen (secondary N) is 1. The number of hydrogen-bond acceptors (Lipinski definition) is 3. The van der Waals surface area contributed by atoms with Gasteiger partial charge in [0.05, 0.1) is 6.33 Å². The minimum absolute atomic E-state index is 0.755. The highest BCUT2D eigenvalue weighted by atomic mass is 15.1. The molecule has 1 aliphatic heterocycles. The molecule has 106 valence electrons. The summed E-state index contributed by atoms with van der Waals surface area (Å²) in [6, 6.07) is 8.49. The molecule has 3 rings (SSSR count). The Morgan fingerprint density at radius 2 is 2.35 bits per heavy atom. The average Bonchev–Trinajstić information content (AvgIpc) is 3.00. The molecule has 0 spiro atoms. The fourth-order valence-electron chi connectivity index (χ4n) is 2.89. The lowest BCUT2D eigenvalue weighted by atomic mass is 9.98. The molecule has 1 aliphatic rings. The highest BCUT2D eigenvalue weighted by Gasteiger charge is 2.16. The van der Waals surface area contributed by atoms with Gasteiger partial charge in [-0.15, -0.1) is 0 Å². The molecular formula is C16H22N4.